The Morgan fingerprint density at radius 2 is 1.58 bits per heavy atom. The highest BCUT2D eigenvalue weighted by molar-refractivity contribution is 5.96. The SMILES string of the molecule is C=C/C(CCC(=N)C(=C)C)=C(/C=C)CC(C)C(C)C. The molecule has 0 aromatic heterocycles. The Morgan fingerprint density at radius 1 is 1.05 bits per heavy atom. The normalized spacial score (nSPS) is 13.7. The van der Waals surface area contributed by atoms with Gasteiger partial charge in [-0.3, -0.25) is 0 Å². The first-order valence-corrected chi connectivity index (χ1v) is 7.03. The van der Waals surface area contributed by atoms with E-state index in [1.54, 1.807) is 0 Å². The minimum absolute atomic E-state index is 0.625. The molecule has 0 saturated heterocycles. The van der Waals surface area contributed by atoms with Gasteiger partial charge in [-0.15, -0.1) is 0 Å². The molecule has 1 nitrogen and oxygen atoms in total. The van der Waals surface area contributed by atoms with Crippen LogP contribution in [0.15, 0.2) is 48.6 Å². The van der Waals surface area contributed by atoms with Crippen molar-refractivity contribution in [2.45, 2.75) is 47.0 Å². The zero-order valence-corrected chi connectivity index (χ0v) is 13.1. The third kappa shape index (κ3) is 6.37. The van der Waals surface area contributed by atoms with Crippen LogP contribution >= 0.6 is 0 Å². The van der Waals surface area contributed by atoms with Crippen molar-refractivity contribution in [3.05, 3.63) is 48.6 Å². The first-order chi connectivity index (χ1) is 8.83. The van der Waals surface area contributed by atoms with Crippen LogP contribution in [0.4, 0.5) is 0 Å². The quantitative estimate of drug-likeness (QED) is 0.405. The number of allylic oxidation sites excluding steroid dienone is 5. The molecule has 0 aromatic carbocycles. The molecule has 0 amide bonds. The Kier molecular flexibility index (Phi) is 8.06. The van der Waals surface area contributed by atoms with Crippen molar-refractivity contribution in [1.29, 1.82) is 5.41 Å². The van der Waals surface area contributed by atoms with E-state index in [0.717, 1.165) is 24.8 Å². The maximum atomic E-state index is 7.84. The van der Waals surface area contributed by atoms with Crippen molar-refractivity contribution >= 4 is 5.71 Å². The molecule has 106 valence electrons. The summed E-state index contributed by atoms with van der Waals surface area (Å²) in [6.07, 6.45) is 6.46. The predicted octanol–water partition coefficient (Wildman–Crippen LogP) is 5.71. The standard InChI is InChI=1S/C18H29N/c1-8-16(10-11-18(19)14(5)6)17(9-2)12-15(7)13(3)4/h8-9,13,15,19H,1-2,5,10-12H2,3-4,6-7H3/b17-16+,19-18?. The summed E-state index contributed by atoms with van der Waals surface area (Å²) in [6.45, 7) is 20.3. The van der Waals surface area contributed by atoms with Crippen molar-refractivity contribution in [3.8, 4) is 0 Å². The van der Waals surface area contributed by atoms with Gasteiger partial charge in [-0.05, 0) is 54.7 Å². The molecule has 1 N–H and O–H groups in total. The third-order valence-corrected chi connectivity index (χ3v) is 3.74. The Labute approximate surface area is 119 Å². The second kappa shape index (κ2) is 8.68. The molecule has 0 fully saturated rings. The molecule has 0 bridgehead atoms. The van der Waals surface area contributed by atoms with Gasteiger partial charge in [0.1, 0.15) is 0 Å². The summed E-state index contributed by atoms with van der Waals surface area (Å²) >= 11 is 0. The summed E-state index contributed by atoms with van der Waals surface area (Å²) in [4.78, 5) is 0. The molecule has 1 atom stereocenters. The van der Waals surface area contributed by atoms with E-state index in [1.807, 2.05) is 19.1 Å². The van der Waals surface area contributed by atoms with Crippen molar-refractivity contribution in [2.24, 2.45) is 11.8 Å². The first kappa shape index (κ1) is 17.6. The van der Waals surface area contributed by atoms with Crippen LogP contribution in [0.3, 0.4) is 0 Å². The lowest BCUT2D eigenvalue weighted by atomic mass is 9.87. The molecule has 0 aliphatic heterocycles. The zero-order valence-electron chi connectivity index (χ0n) is 13.1. The van der Waals surface area contributed by atoms with Gasteiger partial charge >= 0.3 is 0 Å². The lowest BCUT2D eigenvalue weighted by Gasteiger charge is -2.18. The van der Waals surface area contributed by atoms with Gasteiger partial charge in [-0.1, -0.05) is 52.7 Å². The van der Waals surface area contributed by atoms with E-state index >= 15 is 0 Å². The Morgan fingerprint density at radius 3 is 1.95 bits per heavy atom. The average molecular weight is 259 g/mol. The molecule has 1 unspecified atom stereocenters. The van der Waals surface area contributed by atoms with Crippen molar-refractivity contribution in [3.63, 3.8) is 0 Å². The molecule has 0 saturated carbocycles. The number of nitrogens with one attached hydrogen (secondary N) is 1. The number of hydrogen-bond acceptors (Lipinski definition) is 1. The number of hydrogen-bond donors (Lipinski definition) is 1. The number of rotatable bonds is 9. The molecule has 0 aromatic rings. The fourth-order valence-electron chi connectivity index (χ4n) is 1.79. The maximum Gasteiger partial charge on any atom is 0.0340 e. The topological polar surface area (TPSA) is 23.9 Å². The molecule has 0 heterocycles. The highest BCUT2D eigenvalue weighted by atomic mass is 14.4. The summed E-state index contributed by atoms with van der Waals surface area (Å²) < 4.78 is 0. The monoisotopic (exact) mass is 259 g/mol. The van der Waals surface area contributed by atoms with E-state index in [0.29, 0.717) is 17.5 Å². The van der Waals surface area contributed by atoms with E-state index < -0.39 is 0 Å². The molecular weight excluding hydrogens is 230 g/mol. The van der Waals surface area contributed by atoms with Gasteiger partial charge in [0, 0.05) is 5.71 Å². The summed E-state index contributed by atoms with van der Waals surface area (Å²) in [5, 5.41) is 7.84. The van der Waals surface area contributed by atoms with Crippen LogP contribution < -0.4 is 0 Å². The van der Waals surface area contributed by atoms with Gasteiger partial charge in [-0.2, -0.15) is 0 Å². The van der Waals surface area contributed by atoms with Gasteiger partial charge in [0.2, 0.25) is 0 Å². The lowest BCUT2D eigenvalue weighted by molar-refractivity contribution is 0.418. The fraction of sp³-hybridized carbons (Fsp3) is 0.500. The lowest BCUT2D eigenvalue weighted by Crippen LogP contribution is -2.06. The van der Waals surface area contributed by atoms with Crippen LogP contribution in [0, 0.1) is 17.2 Å². The average Bonchev–Trinajstić information content (AvgIpc) is 2.36. The van der Waals surface area contributed by atoms with Crippen LogP contribution in [0.1, 0.15) is 47.0 Å². The van der Waals surface area contributed by atoms with Crippen molar-refractivity contribution in [2.75, 3.05) is 0 Å². The van der Waals surface area contributed by atoms with Gasteiger partial charge in [0.15, 0.2) is 0 Å². The smallest absolute Gasteiger partial charge is 0.0340 e. The Balaban J connectivity index is 4.86. The molecule has 1 heteroatoms. The van der Waals surface area contributed by atoms with Crippen molar-refractivity contribution < 1.29 is 0 Å². The van der Waals surface area contributed by atoms with Gasteiger partial charge < -0.3 is 5.41 Å². The van der Waals surface area contributed by atoms with E-state index in [-0.39, 0.29) is 0 Å². The molecule has 0 aliphatic rings. The van der Waals surface area contributed by atoms with Gasteiger partial charge in [0.25, 0.3) is 0 Å². The molecule has 0 spiro atoms. The van der Waals surface area contributed by atoms with Crippen LogP contribution in [-0.2, 0) is 0 Å². The van der Waals surface area contributed by atoms with Crippen LogP contribution in [0.5, 0.6) is 0 Å². The molecule has 19 heavy (non-hydrogen) atoms. The largest absolute Gasteiger partial charge is 0.305 e. The minimum atomic E-state index is 0.625. The molecule has 0 rings (SSSR count). The first-order valence-electron chi connectivity index (χ1n) is 7.03. The van der Waals surface area contributed by atoms with Gasteiger partial charge in [-0.25, -0.2) is 0 Å². The summed E-state index contributed by atoms with van der Waals surface area (Å²) in [6, 6.07) is 0. The second-order valence-electron chi connectivity index (χ2n) is 5.64. The highest BCUT2D eigenvalue weighted by Crippen LogP contribution is 2.25. The minimum Gasteiger partial charge on any atom is -0.305 e. The summed E-state index contributed by atoms with van der Waals surface area (Å²) in [7, 11) is 0. The molecular formula is C18H29N. The van der Waals surface area contributed by atoms with E-state index in [9.17, 15) is 0 Å². The van der Waals surface area contributed by atoms with Crippen LogP contribution in [-0.4, -0.2) is 5.71 Å². The Bertz CT molecular complexity index is 382. The third-order valence-electron chi connectivity index (χ3n) is 3.74. The van der Waals surface area contributed by atoms with Crippen LogP contribution in [0.25, 0.3) is 0 Å². The highest BCUT2D eigenvalue weighted by Gasteiger charge is 2.11. The zero-order chi connectivity index (χ0) is 15.0. The van der Waals surface area contributed by atoms with E-state index in [2.05, 4.69) is 40.5 Å². The summed E-state index contributed by atoms with van der Waals surface area (Å²) in [5.74, 6) is 1.29. The van der Waals surface area contributed by atoms with Gasteiger partial charge in [0.05, 0.1) is 0 Å². The predicted molar refractivity (Wildman–Crippen MR) is 87.8 cm³/mol. The fourth-order valence-corrected chi connectivity index (χ4v) is 1.79. The van der Waals surface area contributed by atoms with Crippen molar-refractivity contribution in [1.82, 2.24) is 0 Å². The molecule has 0 radical (unpaired) electrons. The Hall–Kier alpha value is -1.37. The van der Waals surface area contributed by atoms with E-state index in [4.69, 9.17) is 5.41 Å². The second-order valence-corrected chi connectivity index (χ2v) is 5.64. The van der Waals surface area contributed by atoms with Crippen LogP contribution in [0.2, 0.25) is 0 Å². The maximum absolute atomic E-state index is 7.84. The summed E-state index contributed by atoms with van der Waals surface area (Å²) in [5.41, 5.74) is 3.96. The molecule has 0 aliphatic carbocycles. The van der Waals surface area contributed by atoms with E-state index in [1.165, 1.54) is 11.1 Å².